The molecule has 0 aromatic carbocycles. The highest BCUT2D eigenvalue weighted by molar-refractivity contribution is 7.18. The molecule has 1 aromatic rings. The summed E-state index contributed by atoms with van der Waals surface area (Å²) in [6, 6.07) is 0.439. The molecule has 0 aliphatic heterocycles. The second kappa shape index (κ2) is 7.23. The number of nitrogens with one attached hydrogen (secondary N) is 2. The number of rotatable bonds is 8. The molecule has 0 saturated heterocycles. The van der Waals surface area contributed by atoms with Crippen LogP contribution in [0.2, 0.25) is 0 Å². The second-order valence-electron chi connectivity index (χ2n) is 4.78. The van der Waals surface area contributed by atoms with E-state index in [1.807, 2.05) is 0 Å². The fourth-order valence-electron chi connectivity index (χ4n) is 1.77. The lowest BCUT2D eigenvalue weighted by atomic mass is 9.93. The maximum absolute atomic E-state index is 11.9. The monoisotopic (exact) mass is 313 g/mol. The van der Waals surface area contributed by atoms with Gasteiger partial charge in [-0.15, -0.1) is 0 Å². The molecular weight excluding hydrogens is 294 g/mol. The van der Waals surface area contributed by atoms with Crippen LogP contribution in [0.25, 0.3) is 0 Å². The normalized spacial score (nSPS) is 14.5. The number of hydrogen-bond donors (Lipinski definition) is 4. The van der Waals surface area contributed by atoms with Gasteiger partial charge in [0.1, 0.15) is 17.3 Å². The van der Waals surface area contributed by atoms with Gasteiger partial charge < -0.3 is 26.8 Å². The Bertz CT molecular complexity index is 515. The van der Waals surface area contributed by atoms with E-state index in [2.05, 4.69) is 15.6 Å². The Kier molecular flexibility index (Phi) is 5.34. The molecule has 6 N–H and O–H groups in total. The van der Waals surface area contributed by atoms with Gasteiger partial charge in [-0.25, -0.2) is 4.98 Å². The first-order valence-corrected chi connectivity index (χ1v) is 7.55. The summed E-state index contributed by atoms with van der Waals surface area (Å²) in [6.07, 6.45) is 3.47. The lowest BCUT2D eigenvalue weighted by molar-refractivity contribution is -0.122. The van der Waals surface area contributed by atoms with Crippen molar-refractivity contribution >= 4 is 34.1 Å². The Hall–Kier alpha value is -1.87. The van der Waals surface area contributed by atoms with E-state index in [0.717, 1.165) is 12.8 Å². The van der Waals surface area contributed by atoms with Crippen LogP contribution in [0.5, 0.6) is 0 Å². The molecule has 1 fully saturated rings. The van der Waals surface area contributed by atoms with Crippen LogP contribution < -0.4 is 22.1 Å². The molecule has 2 rings (SSSR count). The minimum atomic E-state index is -0.542. The molecule has 8 nitrogen and oxygen atoms in total. The molecule has 116 valence electrons. The van der Waals surface area contributed by atoms with Crippen LogP contribution in [-0.2, 0) is 9.53 Å². The van der Waals surface area contributed by atoms with Crippen LogP contribution in [0, 0.1) is 0 Å². The highest BCUT2D eigenvalue weighted by Crippen LogP contribution is 2.29. The first kappa shape index (κ1) is 15.5. The van der Waals surface area contributed by atoms with Crippen LogP contribution in [-0.4, -0.2) is 42.6 Å². The molecule has 1 heterocycles. The topological polar surface area (TPSA) is 132 Å². The van der Waals surface area contributed by atoms with Crippen molar-refractivity contribution in [2.24, 2.45) is 5.73 Å². The lowest BCUT2D eigenvalue weighted by Crippen LogP contribution is -2.28. The number of anilines is 2. The SMILES string of the molecule is NC(=O)COCCNC(=O)c1sc(NC2CCC2)nc1N. The highest BCUT2D eigenvalue weighted by atomic mass is 32.1. The van der Waals surface area contributed by atoms with Gasteiger partial charge in [0.15, 0.2) is 5.13 Å². The maximum Gasteiger partial charge on any atom is 0.265 e. The molecule has 1 aliphatic rings. The quantitative estimate of drug-likeness (QED) is 0.496. The molecule has 21 heavy (non-hydrogen) atoms. The van der Waals surface area contributed by atoms with Gasteiger partial charge in [0.25, 0.3) is 5.91 Å². The fraction of sp³-hybridized carbons (Fsp3) is 0.583. The summed E-state index contributed by atoms with van der Waals surface area (Å²) in [5.74, 6) is -0.619. The average molecular weight is 313 g/mol. The summed E-state index contributed by atoms with van der Waals surface area (Å²) in [4.78, 5) is 26.9. The lowest BCUT2D eigenvalue weighted by Gasteiger charge is -2.25. The number of aromatic nitrogens is 1. The van der Waals surface area contributed by atoms with Crippen molar-refractivity contribution in [1.29, 1.82) is 0 Å². The summed E-state index contributed by atoms with van der Waals surface area (Å²) in [5.41, 5.74) is 10.7. The summed E-state index contributed by atoms with van der Waals surface area (Å²) in [7, 11) is 0. The van der Waals surface area contributed by atoms with Crippen LogP contribution in [0.1, 0.15) is 28.9 Å². The number of ether oxygens (including phenoxy) is 1. The van der Waals surface area contributed by atoms with E-state index in [1.54, 1.807) is 0 Å². The average Bonchev–Trinajstić information content (AvgIpc) is 2.74. The van der Waals surface area contributed by atoms with Crippen molar-refractivity contribution in [3.63, 3.8) is 0 Å². The first-order chi connectivity index (χ1) is 10.1. The number of nitrogens with zero attached hydrogens (tertiary/aromatic N) is 1. The summed E-state index contributed by atoms with van der Waals surface area (Å²) >= 11 is 1.24. The van der Waals surface area contributed by atoms with E-state index in [0.29, 0.717) is 16.1 Å². The summed E-state index contributed by atoms with van der Waals surface area (Å²) < 4.78 is 4.95. The maximum atomic E-state index is 11.9. The third kappa shape index (κ3) is 4.57. The van der Waals surface area contributed by atoms with Gasteiger partial charge in [-0.3, -0.25) is 9.59 Å². The zero-order valence-electron chi connectivity index (χ0n) is 11.6. The van der Waals surface area contributed by atoms with E-state index < -0.39 is 5.91 Å². The molecule has 0 spiro atoms. The first-order valence-electron chi connectivity index (χ1n) is 6.73. The highest BCUT2D eigenvalue weighted by Gasteiger charge is 2.21. The zero-order chi connectivity index (χ0) is 15.2. The van der Waals surface area contributed by atoms with E-state index in [-0.39, 0.29) is 31.5 Å². The molecule has 0 unspecified atom stereocenters. The van der Waals surface area contributed by atoms with E-state index in [9.17, 15) is 9.59 Å². The summed E-state index contributed by atoms with van der Waals surface area (Å²) in [6.45, 7) is 0.323. The molecular formula is C12H19N5O3S. The molecule has 0 bridgehead atoms. The minimum Gasteiger partial charge on any atom is -0.382 e. The Balaban J connectivity index is 1.77. The van der Waals surface area contributed by atoms with Gasteiger partial charge in [-0.05, 0) is 19.3 Å². The number of thiazole rings is 1. The van der Waals surface area contributed by atoms with E-state index in [4.69, 9.17) is 16.2 Å². The number of primary amides is 1. The molecule has 1 saturated carbocycles. The van der Waals surface area contributed by atoms with Gasteiger partial charge in [-0.1, -0.05) is 11.3 Å². The van der Waals surface area contributed by atoms with Crippen LogP contribution in [0.3, 0.4) is 0 Å². The van der Waals surface area contributed by atoms with Gasteiger partial charge in [0.2, 0.25) is 5.91 Å². The molecule has 1 aromatic heterocycles. The number of amides is 2. The molecule has 1 aliphatic carbocycles. The third-order valence-electron chi connectivity index (χ3n) is 3.07. The predicted octanol–water partition coefficient (Wildman–Crippen LogP) is -0.0786. The molecule has 0 atom stereocenters. The van der Waals surface area contributed by atoms with Gasteiger partial charge in [-0.2, -0.15) is 0 Å². The fourth-order valence-corrected chi connectivity index (χ4v) is 2.65. The van der Waals surface area contributed by atoms with E-state index >= 15 is 0 Å². The Morgan fingerprint density at radius 3 is 2.81 bits per heavy atom. The van der Waals surface area contributed by atoms with Crippen LogP contribution in [0.4, 0.5) is 10.9 Å². The number of carbonyl (C=O) groups is 2. The van der Waals surface area contributed by atoms with Crippen molar-refractivity contribution in [3.05, 3.63) is 4.88 Å². The van der Waals surface area contributed by atoms with Crippen molar-refractivity contribution in [1.82, 2.24) is 10.3 Å². The second-order valence-corrected chi connectivity index (χ2v) is 5.78. The van der Waals surface area contributed by atoms with Crippen LogP contribution in [0.15, 0.2) is 0 Å². The Labute approximate surface area is 126 Å². The predicted molar refractivity (Wildman–Crippen MR) is 80.1 cm³/mol. The van der Waals surface area contributed by atoms with E-state index in [1.165, 1.54) is 17.8 Å². The molecule has 2 amide bonds. The number of nitrogen functional groups attached to an aromatic ring is 1. The van der Waals surface area contributed by atoms with Crippen molar-refractivity contribution in [2.75, 3.05) is 30.8 Å². The van der Waals surface area contributed by atoms with Crippen molar-refractivity contribution < 1.29 is 14.3 Å². The van der Waals surface area contributed by atoms with Crippen LogP contribution >= 0.6 is 11.3 Å². The van der Waals surface area contributed by atoms with Gasteiger partial charge in [0.05, 0.1) is 6.61 Å². The Morgan fingerprint density at radius 1 is 1.43 bits per heavy atom. The third-order valence-corrected chi connectivity index (χ3v) is 4.07. The smallest absolute Gasteiger partial charge is 0.265 e. The van der Waals surface area contributed by atoms with Gasteiger partial charge >= 0.3 is 0 Å². The number of nitrogens with two attached hydrogens (primary N) is 2. The largest absolute Gasteiger partial charge is 0.382 e. The van der Waals surface area contributed by atoms with Gasteiger partial charge in [0, 0.05) is 12.6 Å². The molecule has 9 heteroatoms. The van der Waals surface area contributed by atoms with Crippen molar-refractivity contribution in [3.8, 4) is 0 Å². The summed E-state index contributed by atoms with van der Waals surface area (Å²) in [5, 5.41) is 6.58. The van der Waals surface area contributed by atoms with Crippen molar-refractivity contribution in [2.45, 2.75) is 25.3 Å². The standard InChI is InChI=1S/C12H19N5O3S/c13-8(18)6-20-5-4-15-11(19)9-10(14)17-12(21-9)16-7-2-1-3-7/h7H,1-6,14H2,(H2,13,18)(H,15,19)(H,16,17). The minimum absolute atomic E-state index is 0.159. The Morgan fingerprint density at radius 2 is 2.19 bits per heavy atom. The zero-order valence-corrected chi connectivity index (χ0v) is 12.4. The molecule has 0 radical (unpaired) electrons. The number of hydrogen-bond acceptors (Lipinski definition) is 7. The number of carbonyl (C=O) groups excluding carboxylic acids is 2.